The average molecular weight is 633 g/mol. The first kappa shape index (κ1) is 31.0. The van der Waals surface area contributed by atoms with Crippen LogP contribution < -0.4 is 14.5 Å². The van der Waals surface area contributed by atoms with Gasteiger partial charge >= 0.3 is 6.01 Å². The second-order valence-corrected chi connectivity index (χ2v) is 12.7. The lowest BCUT2D eigenvalue weighted by atomic mass is 10.0. The van der Waals surface area contributed by atoms with E-state index in [1.165, 1.54) is 17.7 Å². The number of halogens is 2. The van der Waals surface area contributed by atoms with Crippen molar-refractivity contribution in [1.29, 1.82) is 0 Å². The van der Waals surface area contributed by atoms with Crippen molar-refractivity contribution in [3.63, 3.8) is 0 Å². The fourth-order valence-electron chi connectivity index (χ4n) is 6.27. The smallest absolute Gasteiger partial charge is 0.318 e. The number of rotatable bonds is 10. The van der Waals surface area contributed by atoms with E-state index < -0.39 is 17.8 Å². The third kappa shape index (κ3) is 6.67. The number of benzene rings is 1. The maximum absolute atomic E-state index is 13.8. The minimum atomic E-state index is -1.02. The average Bonchev–Trinajstić information content (AvgIpc) is 3.86. The van der Waals surface area contributed by atoms with Crippen LogP contribution >= 0.6 is 11.6 Å². The van der Waals surface area contributed by atoms with E-state index in [1.807, 2.05) is 30.6 Å². The molecular weight excluding hydrogens is 595 g/mol. The number of ether oxygens (including phenoxy) is 1. The number of anilines is 2. The summed E-state index contributed by atoms with van der Waals surface area (Å²) in [4.78, 5) is 38.5. The number of amides is 1. The van der Waals surface area contributed by atoms with E-state index in [-0.39, 0.29) is 19.1 Å². The molecular formula is C33H38ClFN8O2. The van der Waals surface area contributed by atoms with Crippen molar-refractivity contribution < 1.29 is 13.9 Å². The number of carbonyl (C=O) groups excluding carboxylic acids is 1. The molecule has 1 aromatic carbocycles. The molecule has 2 fully saturated rings. The molecule has 12 heteroatoms. The molecule has 0 bridgehead atoms. The van der Waals surface area contributed by atoms with Gasteiger partial charge in [0, 0.05) is 61.3 Å². The summed E-state index contributed by atoms with van der Waals surface area (Å²) in [5.74, 6) is -0.267. The molecule has 6 rings (SSSR count). The Morgan fingerprint density at radius 3 is 2.82 bits per heavy atom. The maximum Gasteiger partial charge on any atom is 0.318 e. The Kier molecular flexibility index (Phi) is 9.06. The molecule has 0 radical (unpaired) electrons. The number of piperazine rings is 1. The number of likely N-dealkylation sites (N-methyl/N-ethyl adjacent to an activating group) is 1. The third-order valence-corrected chi connectivity index (χ3v) is 9.42. The predicted molar refractivity (Wildman–Crippen MR) is 173 cm³/mol. The van der Waals surface area contributed by atoms with Crippen molar-refractivity contribution in [1.82, 2.24) is 24.8 Å². The molecule has 1 saturated carbocycles. The molecule has 0 unspecified atom stereocenters. The first-order valence-corrected chi connectivity index (χ1v) is 15.8. The number of hydrogen-bond acceptors (Lipinski definition) is 8. The number of aromatic nitrogens is 3. The van der Waals surface area contributed by atoms with Crippen LogP contribution in [0.25, 0.3) is 15.6 Å². The quantitative estimate of drug-likeness (QED) is 0.234. The Morgan fingerprint density at radius 1 is 1.24 bits per heavy atom. The van der Waals surface area contributed by atoms with E-state index >= 15 is 0 Å². The molecule has 0 N–H and O–H groups in total. The fourth-order valence-corrected chi connectivity index (χ4v) is 6.55. The Balaban J connectivity index is 1.31. The summed E-state index contributed by atoms with van der Waals surface area (Å²) in [5, 5.41) is 2.59. The normalized spacial score (nSPS) is 18.9. The minimum absolute atomic E-state index is 0.0552. The van der Waals surface area contributed by atoms with Crippen LogP contribution in [0.1, 0.15) is 31.0 Å². The van der Waals surface area contributed by atoms with Gasteiger partial charge in [-0.15, -0.1) is 0 Å². The van der Waals surface area contributed by atoms with E-state index in [0.717, 1.165) is 46.0 Å². The molecule has 2 aromatic heterocycles. The van der Waals surface area contributed by atoms with Crippen LogP contribution in [-0.4, -0.2) is 95.7 Å². The van der Waals surface area contributed by atoms with E-state index in [9.17, 15) is 9.18 Å². The van der Waals surface area contributed by atoms with Gasteiger partial charge < -0.3 is 29.2 Å². The van der Waals surface area contributed by atoms with Crippen LogP contribution in [-0.2, 0) is 17.8 Å². The van der Waals surface area contributed by atoms with E-state index in [1.54, 1.807) is 0 Å². The molecule has 1 aliphatic carbocycles. The van der Waals surface area contributed by atoms with Gasteiger partial charge in [0.05, 0.1) is 29.1 Å². The molecule has 1 saturated heterocycles. The first-order chi connectivity index (χ1) is 21.7. The summed E-state index contributed by atoms with van der Waals surface area (Å²) < 4.78 is 20.1. The van der Waals surface area contributed by atoms with Gasteiger partial charge in [-0.05, 0) is 45.2 Å². The van der Waals surface area contributed by atoms with Gasteiger partial charge in [-0.25, -0.2) is 11.0 Å². The summed E-state index contributed by atoms with van der Waals surface area (Å²) in [7, 11) is 2.12. The molecule has 45 heavy (non-hydrogen) atoms. The molecule has 2 atom stereocenters. The van der Waals surface area contributed by atoms with Gasteiger partial charge in [0.15, 0.2) is 5.83 Å². The SMILES string of the molecule is [C-]#[N+]C[C@H]1CN(c2nc(OC[C@@H](C)N(C)CC3CC3)nc3c2CCN(c2cncc4cccc(Cl)c24)C3)CCN1C(=O)C(=C)F. The molecule has 0 spiro atoms. The Bertz CT molecular complexity index is 1640. The third-order valence-electron chi connectivity index (χ3n) is 9.10. The molecule has 3 aromatic rings. The second kappa shape index (κ2) is 13.2. The van der Waals surface area contributed by atoms with Gasteiger partial charge in [0.2, 0.25) is 6.54 Å². The van der Waals surface area contributed by atoms with E-state index in [0.29, 0.717) is 50.2 Å². The highest BCUT2D eigenvalue weighted by Gasteiger charge is 2.36. The summed E-state index contributed by atoms with van der Waals surface area (Å²) in [6.45, 7) is 16.6. The van der Waals surface area contributed by atoms with E-state index in [4.69, 9.17) is 32.9 Å². The zero-order chi connectivity index (χ0) is 31.7. The largest absolute Gasteiger partial charge is 0.462 e. The monoisotopic (exact) mass is 632 g/mol. The Morgan fingerprint density at radius 2 is 2.07 bits per heavy atom. The van der Waals surface area contributed by atoms with Crippen LogP contribution in [0.4, 0.5) is 15.9 Å². The van der Waals surface area contributed by atoms with Crippen LogP contribution in [0.3, 0.4) is 0 Å². The predicted octanol–water partition coefficient (Wildman–Crippen LogP) is 4.77. The van der Waals surface area contributed by atoms with Gasteiger partial charge in [-0.1, -0.05) is 30.3 Å². The Hall–Kier alpha value is -4.01. The molecule has 2 aliphatic heterocycles. The highest BCUT2D eigenvalue weighted by molar-refractivity contribution is 6.36. The summed E-state index contributed by atoms with van der Waals surface area (Å²) in [6, 6.07) is 5.80. The number of hydrogen-bond donors (Lipinski definition) is 0. The fraction of sp³-hybridized carbons (Fsp3) is 0.485. The van der Waals surface area contributed by atoms with Crippen molar-refractivity contribution >= 4 is 39.8 Å². The van der Waals surface area contributed by atoms with E-state index in [2.05, 4.69) is 45.1 Å². The van der Waals surface area contributed by atoms with Gasteiger partial charge in [-0.2, -0.15) is 9.97 Å². The minimum Gasteiger partial charge on any atom is -0.462 e. The zero-order valence-corrected chi connectivity index (χ0v) is 26.5. The van der Waals surface area contributed by atoms with Crippen molar-refractivity contribution in [2.45, 2.75) is 44.8 Å². The lowest BCUT2D eigenvalue weighted by Crippen LogP contribution is -2.57. The highest BCUT2D eigenvalue weighted by Crippen LogP contribution is 2.37. The summed E-state index contributed by atoms with van der Waals surface area (Å²) in [6.07, 6.45) is 6.91. The molecule has 1 amide bonds. The number of fused-ring (bicyclic) bond motifs is 2. The topological polar surface area (TPSA) is 82.3 Å². The zero-order valence-electron chi connectivity index (χ0n) is 25.8. The summed E-state index contributed by atoms with van der Waals surface area (Å²) in [5.41, 5.74) is 2.80. The second-order valence-electron chi connectivity index (χ2n) is 12.3. The van der Waals surface area contributed by atoms with Crippen molar-refractivity contribution in [3.05, 3.63) is 70.7 Å². The maximum atomic E-state index is 13.8. The number of pyridine rings is 1. The van der Waals surface area contributed by atoms with Crippen molar-refractivity contribution in [2.24, 2.45) is 5.92 Å². The van der Waals surface area contributed by atoms with Crippen LogP contribution in [0.15, 0.2) is 43.0 Å². The van der Waals surface area contributed by atoms with Crippen molar-refractivity contribution in [2.75, 3.05) is 62.7 Å². The highest BCUT2D eigenvalue weighted by atomic mass is 35.5. The van der Waals surface area contributed by atoms with Crippen LogP contribution in [0, 0.1) is 12.5 Å². The van der Waals surface area contributed by atoms with Gasteiger partial charge in [0.25, 0.3) is 5.91 Å². The molecule has 236 valence electrons. The summed E-state index contributed by atoms with van der Waals surface area (Å²) >= 11 is 6.67. The van der Waals surface area contributed by atoms with Crippen molar-refractivity contribution in [3.8, 4) is 6.01 Å². The molecule has 3 aliphatic rings. The molecule has 10 nitrogen and oxygen atoms in total. The lowest BCUT2D eigenvalue weighted by molar-refractivity contribution is -0.131. The number of carbonyl (C=O) groups is 1. The lowest BCUT2D eigenvalue weighted by Gasteiger charge is -2.41. The van der Waals surface area contributed by atoms with Gasteiger partial charge in [0.1, 0.15) is 18.5 Å². The van der Waals surface area contributed by atoms with Gasteiger partial charge in [-0.3, -0.25) is 9.78 Å². The van der Waals surface area contributed by atoms with Crippen LogP contribution in [0.5, 0.6) is 6.01 Å². The Labute approximate surface area is 268 Å². The number of nitrogens with zero attached hydrogens (tertiary/aromatic N) is 8. The molecule has 4 heterocycles. The first-order valence-electron chi connectivity index (χ1n) is 15.5. The standard InChI is InChI=1S/C33H38ClFN8O2/c1-21(40(4)17-23-8-9-23)20-45-33-38-28-19-41(29-16-37-14-24-6-5-7-27(34)30(24)29)11-10-26(28)31(39-33)42-12-13-43(32(44)22(2)35)25(18-42)15-36-3/h5-7,14,16,21,23,25H,2,8-13,15,17-20H2,1,4H3/t21-,25+/m1/s1. The van der Waals surface area contributed by atoms with Crippen LogP contribution in [0.2, 0.25) is 5.02 Å².